The second-order valence-electron chi connectivity index (χ2n) is 19.3. The minimum absolute atomic E-state index is 0.0399. The van der Waals surface area contributed by atoms with Crippen molar-refractivity contribution in [3.63, 3.8) is 0 Å². The number of carbonyl (C=O) groups is 2. The van der Waals surface area contributed by atoms with E-state index in [4.69, 9.17) is 18.9 Å². The van der Waals surface area contributed by atoms with Crippen LogP contribution < -0.4 is 0 Å². The van der Waals surface area contributed by atoms with E-state index in [9.17, 15) is 50.4 Å². The third-order valence-electron chi connectivity index (χ3n) is 16.2. The number of fused-ring (bicyclic) bond motifs is 5. The summed E-state index contributed by atoms with van der Waals surface area (Å²) in [5, 5.41) is 85.6. The zero-order chi connectivity index (χ0) is 40.6. The van der Waals surface area contributed by atoms with Crippen molar-refractivity contribution in [2.24, 2.45) is 44.8 Å². The van der Waals surface area contributed by atoms with Gasteiger partial charge in [-0.2, -0.15) is 0 Å². The zero-order valence-electron chi connectivity index (χ0n) is 33.5. The molecule has 4 aliphatic carbocycles. The number of Topliss-reactive ketones (excluding diaryl/α,β-unsaturated/α-hetero) is 1. The Morgan fingerprint density at radius 3 is 2.22 bits per heavy atom. The lowest BCUT2D eigenvalue weighted by Crippen LogP contribution is -2.66. The summed E-state index contributed by atoms with van der Waals surface area (Å²) in [6.45, 7) is 13.7. The Morgan fingerprint density at radius 1 is 0.891 bits per heavy atom. The van der Waals surface area contributed by atoms with Gasteiger partial charge in [-0.25, -0.2) is 0 Å². The molecule has 14 nitrogen and oxygen atoms in total. The molecule has 8 N–H and O–H groups in total. The van der Waals surface area contributed by atoms with Gasteiger partial charge < -0.3 is 59.8 Å². The van der Waals surface area contributed by atoms with E-state index in [1.54, 1.807) is 0 Å². The third-order valence-corrected chi connectivity index (χ3v) is 16.2. The van der Waals surface area contributed by atoms with E-state index in [2.05, 4.69) is 34.6 Å². The number of carboxylic acid groups (broad SMARTS) is 1. The lowest BCUT2D eigenvalue weighted by molar-refractivity contribution is -0.350. The molecule has 14 heteroatoms. The van der Waals surface area contributed by atoms with Gasteiger partial charge in [0.1, 0.15) is 48.5 Å². The van der Waals surface area contributed by atoms with Crippen molar-refractivity contribution < 1.29 is 69.4 Å². The molecule has 6 rings (SSSR count). The van der Waals surface area contributed by atoms with Crippen LogP contribution in [0.4, 0.5) is 0 Å². The van der Waals surface area contributed by atoms with Gasteiger partial charge in [-0.05, 0) is 104 Å². The van der Waals surface area contributed by atoms with Crippen LogP contribution in [0, 0.1) is 44.8 Å². The second kappa shape index (κ2) is 15.2. The van der Waals surface area contributed by atoms with Gasteiger partial charge in [-0.15, -0.1) is 0 Å². The van der Waals surface area contributed by atoms with E-state index >= 15 is 0 Å². The molecule has 0 aromatic carbocycles. The molecule has 55 heavy (non-hydrogen) atoms. The van der Waals surface area contributed by atoms with Crippen molar-refractivity contribution in [2.45, 2.75) is 174 Å². The maximum absolute atomic E-state index is 12.9. The first-order valence-electron chi connectivity index (χ1n) is 20.3. The van der Waals surface area contributed by atoms with Gasteiger partial charge in [0.2, 0.25) is 0 Å². The number of ketones is 1. The van der Waals surface area contributed by atoms with Crippen LogP contribution in [-0.4, -0.2) is 133 Å². The molecule has 2 heterocycles. The average molecular weight is 783 g/mol. The highest BCUT2D eigenvalue weighted by molar-refractivity contribution is 5.79. The predicted molar refractivity (Wildman–Crippen MR) is 196 cm³/mol. The fourth-order valence-electron chi connectivity index (χ4n) is 12.3. The highest BCUT2D eigenvalue weighted by atomic mass is 16.7. The van der Waals surface area contributed by atoms with Gasteiger partial charge in [-0.3, -0.25) is 9.59 Å². The molecule has 3 saturated carbocycles. The summed E-state index contributed by atoms with van der Waals surface area (Å²) in [6.07, 6.45) is -7.09. The molecule has 0 unspecified atom stereocenters. The van der Waals surface area contributed by atoms with E-state index < -0.39 is 96.3 Å². The maximum atomic E-state index is 12.9. The zero-order valence-corrected chi connectivity index (χ0v) is 33.5. The standard InChI is InChI=1S/C41H66O14/c1-20(21(2)43)8-13-41(36(50)51)15-14-39(6)22(17-41)23(44)16-27-38(5)11-10-28(37(3,4)26(38)9-12-40(27,39)7)54-35-33(29(46)24(45)19-52-35)55-32-30(47)25(18-42)53-34(49)31(32)48/h17,20,23-35,42,44-49H,8-16,18-19H2,1-7H3,(H,50,51)/t20-,23-,24+,25-,26+,27-,28+,29+,30-,31-,32+,33-,34-,35+,38+,39-,40-,41+/m1/s1. The Labute approximate surface area is 324 Å². The van der Waals surface area contributed by atoms with Crippen molar-refractivity contribution >= 4 is 11.8 Å². The van der Waals surface area contributed by atoms with Crippen molar-refractivity contribution in [3.05, 3.63) is 11.6 Å². The first-order chi connectivity index (χ1) is 25.6. The molecule has 0 aromatic rings. The number of rotatable bonds is 10. The second-order valence-corrected chi connectivity index (χ2v) is 19.3. The van der Waals surface area contributed by atoms with Gasteiger partial charge in [0.15, 0.2) is 12.6 Å². The Balaban J connectivity index is 1.23. The number of ether oxygens (including phenoxy) is 4. The first kappa shape index (κ1) is 43.0. The van der Waals surface area contributed by atoms with Crippen LogP contribution in [0.15, 0.2) is 11.6 Å². The number of carbonyl (C=O) groups excluding carboxylic acids is 1. The maximum Gasteiger partial charge on any atom is 0.313 e. The third kappa shape index (κ3) is 6.96. The predicted octanol–water partition coefficient (Wildman–Crippen LogP) is 2.06. The molecular weight excluding hydrogens is 716 g/mol. The summed E-state index contributed by atoms with van der Waals surface area (Å²) in [5.41, 5.74) is -1.61. The lowest BCUT2D eigenvalue weighted by Gasteiger charge is -2.71. The Hall–Kier alpha value is -1.56. The minimum atomic E-state index is -1.77. The Bertz CT molecular complexity index is 1470. The van der Waals surface area contributed by atoms with Crippen LogP contribution in [0.3, 0.4) is 0 Å². The monoisotopic (exact) mass is 782 g/mol. The Morgan fingerprint density at radius 2 is 1.58 bits per heavy atom. The summed E-state index contributed by atoms with van der Waals surface area (Å²) in [5.74, 6) is -0.840. The first-order valence-corrected chi connectivity index (χ1v) is 20.3. The van der Waals surface area contributed by atoms with Crippen molar-refractivity contribution in [1.82, 2.24) is 0 Å². The number of carboxylic acids is 1. The van der Waals surface area contributed by atoms with Crippen LogP contribution in [0.5, 0.6) is 0 Å². The van der Waals surface area contributed by atoms with E-state index in [1.165, 1.54) is 6.92 Å². The molecule has 0 bridgehead atoms. The summed E-state index contributed by atoms with van der Waals surface area (Å²) in [4.78, 5) is 24.9. The number of aliphatic hydroxyl groups excluding tert-OH is 7. The number of hydrogen-bond donors (Lipinski definition) is 8. The quantitative estimate of drug-likeness (QED) is 0.117. The van der Waals surface area contributed by atoms with Crippen molar-refractivity contribution in [1.29, 1.82) is 0 Å². The molecule has 2 aliphatic heterocycles. The van der Waals surface area contributed by atoms with Gasteiger partial charge in [0.05, 0.1) is 30.8 Å². The van der Waals surface area contributed by atoms with Crippen LogP contribution in [-0.2, 0) is 28.5 Å². The summed E-state index contributed by atoms with van der Waals surface area (Å²) < 4.78 is 23.7. The summed E-state index contributed by atoms with van der Waals surface area (Å²) in [6, 6.07) is 0. The van der Waals surface area contributed by atoms with Gasteiger partial charge >= 0.3 is 5.97 Å². The van der Waals surface area contributed by atoms with Gasteiger partial charge in [-0.1, -0.05) is 47.6 Å². The van der Waals surface area contributed by atoms with Crippen LogP contribution in [0.25, 0.3) is 0 Å². The molecule has 2 saturated heterocycles. The van der Waals surface area contributed by atoms with E-state index in [0.29, 0.717) is 38.5 Å². The normalized spacial score (nSPS) is 50.1. The highest BCUT2D eigenvalue weighted by Gasteiger charge is 2.69. The summed E-state index contributed by atoms with van der Waals surface area (Å²) >= 11 is 0. The lowest BCUT2D eigenvalue weighted by atomic mass is 9.34. The number of aliphatic carboxylic acids is 1. The molecule has 314 valence electrons. The van der Waals surface area contributed by atoms with Gasteiger partial charge in [0, 0.05) is 5.92 Å². The van der Waals surface area contributed by atoms with Gasteiger partial charge in [0.25, 0.3) is 0 Å². The van der Waals surface area contributed by atoms with Crippen LogP contribution in [0.1, 0.15) is 106 Å². The molecule has 0 aromatic heterocycles. The molecule has 0 radical (unpaired) electrons. The Kier molecular flexibility index (Phi) is 11.9. The molecule has 6 aliphatic rings. The molecule has 0 spiro atoms. The molecule has 18 atom stereocenters. The van der Waals surface area contributed by atoms with Crippen molar-refractivity contribution in [3.8, 4) is 0 Å². The number of aliphatic hydroxyl groups is 7. The smallest absolute Gasteiger partial charge is 0.313 e. The largest absolute Gasteiger partial charge is 0.481 e. The molecular formula is C41H66O14. The SMILES string of the molecule is CC(=O)[C@H](C)CC[C@@]1(C(=O)O)C=C2[C@H](O)C[C@@H]3[C@@]4(C)CC[C@H](O[C@@H]5OC[C@H](O)[C@H](O)[C@H]5O[C@@H]5[C@@H](O)[C@H](O)O[C@H](CO)[C@H]5O)C(C)(C)[C@@H]4CC[C@@]3(C)[C@]2(C)CC1. The molecule has 5 fully saturated rings. The average Bonchev–Trinajstić information content (AvgIpc) is 3.12. The molecule has 0 amide bonds. The fraction of sp³-hybridized carbons (Fsp3) is 0.902. The minimum Gasteiger partial charge on any atom is -0.481 e. The highest BCUT2D eigenvalue weighted by Crippen LogP contribution is 2.74. The number of hydrogen-bond acceptors (Lipinski definition) is 13. The van der Waals surface area contributed by atoms with Crippen LogP contribution >= 0.6 is 0 Å². The van der Waals surface area contributed by atoms with E-state index in [0.717, 1.165) is 24.8 Å². The fourth-order valence-corrected chi connectivity index (χ4v) is 12.3. The topological polar surface area (TPSA) is 233 Å². The van der Waals surface area contributed by atoms with Crippen molar-refractivity contribution in [2.75, 3.05) is 13.2 Å². The van der Waals surface area contributed by atoms with E-state index in [-0.39, 0.29) is 41.0 Å². The summed E-state index contributed by atoms with van der Waals surface area (Å²) in [7, 11) is 0. The van der Waals surface area contributed by atoms with Crippen LogP contribution in [0.2, 0.25) is 0 Å². The van der Waals surface area contributed by atoms with E-state index in [1.807, 2.05) is 13.0 Å².